The average Bonchev–Trinajstić information content (AvgIpc) is 2.83. The lowest BCUT2D eigenvalue weighted by molar-refractivity contribution is 0.394. The molecule has 9 heteroatoms. The minimum absolute atomic E-state index is 0.0231. The van der Waals surface area contributed by atoms with Gasteiger partial charge in [0.25, 0.3) is 0 Å². The third-order valence-corrected chi connectivity index (χ3v) is 7.91. The van der Waals surface area contributed by atoms with E-state index in [1.54, 1.807) is 18.2 Å². The molecule has 180 valence electrons. The maximum absolute atomic E-state index is 13.7. The molecule has 0 spiro atoms. The van der Waals surface area contributed by atoms with Gasteiger partial charge in [-0.15, -0.1) is 0 Å². The van der Waals surface area contributed by atoms with Crippen molar-refractivity contribution < 1.29 is 17.9 Å². The second-order valence-corrected chi connectivity index (χ2v) is 11.0. The molecule has 0 aromatic heterocycles. The number of hydrogen-bond donors (Lipinski definition) is 1. The monoisotopic (exact) mass is 549 g/mol. The molecule has 0 saturated carbocycles. The van der Waals surface area contributed by atoms with Gasteiger partial charge in [-0.1, -0.05) is 77.3 Å². The highest BCUT2D eigenvalue weighted by Crippen LogP contribution is 2.36. The number of hydrogen-bond acceptors (Lipinski definition) is 3. The molecule has 0 bridgehead atoms. The molecule has 0 fully saturated rings. The van der Waals surface area contributed by atoms with Crippen LogP contribution in [0.15, 0.2) is 89.8 Å². The van der Waals surface area contributed by atoms with Crippen LogP contribution in [0.25, 0.3) is 11.1 Å². The Bertz CT molecular complexity index is 1460. The van der Waals surface area contributed by atoms with Crippen LogP contribution in [0.5, 0.6) is 5.75 Å². The van der Waals surface area contributed by atoms with E-state index in [4.69, 9.17) is 34.8 Å². The molecular weight excluding hydrogens is 532 g/mol. The second kappa shape index (κ2) is 10.6. The summed E-state index contributed by atoms with van der Waals surface area (Å²) in [5, 5.41) is 10.9. The van der Waals surface area contributed by atoms with Crippen LogP contribution in [0.1, 0.15) is 11.1 Å². The van der Waals surface area contributed by atoms with E-state index in [-0.39, 0.29) is 23.1 Å². The number of nitrogens with zero attached hydrogens (tertiary/aromatic N) is 1. The van der Waals surface area contributed by atoms with Crippen LogP contribution >= 0.6 is 34.8 Å². The van der Waals surface area contributed by atoms with E-state index in [0.29, 0.717) is 16.1 Å². The summed E-state index contributed by atoms with van der Waals surface area (Å²) >= 11 is 18.0. The van der Waals surface area contributed by atoms with Crippen LogP contribution in [-0.2, 0) is 23.1 Å². The number of phenols is 1. The molecule has 35 heavy (non-hydrogen) atoms. The molecule has 4 aromatic carbocycles. The van der Waals surface area contributed by atoms with E-state index in [0.717, 1.165) is 17.2 Å². The highest BCUT2D eigenvalue weighted by molar-refractivity contribution is 7.89. The van der Waals surface area contributed by atoms with Gasteiger partial charge in [0.1, 0.15) is 10.7 Å². The topological polar surface area (TPSA) is 57.6 Å². The SMILES string of the molecule is O=S(=O)(c1cc(Cl)cc(Cl)c1O)N(Cc1ccc(F)cc1)Cc1cccc(-c2ccc(Cl)cc2)c1. The summed E-state index contributed by atoms with van der Waals surface area (Å²) in [6, 6.07) is 22.7. The van der Waals surface area contributed by atoms with Gasteiger partial charge in [-0.3, -0.25) is 0 Å². The van der Waals surface area contributed by atoms with E-state index in [1.165, 1.54) is 34.6 Å². The molecule has 0 aliphatic carbocycles. The number of halogens is 4. The quantitative estimate of drug-likeness (QED) is 0.258. The summed E-state index contributed by atoms with van der Waals surface area (Å²) in [6.07, 6.45) is 0. The van der Waals surface area contributed by atoms with Gasteiger partial charge in [0.05, 0.1) is 5.02 Å². The maximum Gasteiger partial charge on any atom is 0.247 e. The Kier molecular flexibility index (Phi) is 7.69. The predicted octanol–water partition coefficient (Wildman–Crippen LogP) is 7.55. The number of benzene rings is 4. The van der Waals surface area contributed by atoms with E-state index in [2.05, 4.69) is 0 Å². The van der Waals surface area contributed by atoms with Crippen LogP contribution in [0, 0.1) is 5.82 Å². The number of aromatic hydroxyl groups is 1. The van der Waals surface area contributed by atoms with Crippen molar-refractivity contribution in [3.63, 3.8) is 0 Å². The van der Waals surface area contributed by atoms with Gasteiger partial charge in [-0.05, 0) is 64.7 Å². The van der Waals surface area contributed by atoms with Crippen LogP contribution in [0.4, 0.5) is 4.39 Å². The van der Waals surface area contributed by atoms with Crippen LogP contribution in [0.2, 0.25) is 15.1 Å². The molecule has 4 aromatic rings. The van der Waals surface area contributed by atoms with Gasteiger partial charge < -0.3 is 5.11 Å². The van der Waals surface area contributed by atoms with Crippen molar-refractivity contribution in [3.8, 4) is 16.9 Å². The predicted molar refractivity (Wildman–Crippen MR) is 138 cm³/mol. The van der Waals surface area contributed by atoms with Gasteiger partial charge in [0.2, 0.25) is 10.0 Å². The first-order chi connectivity index (χ1) is 16.6. The average molecular weight is 551 g/mol. The first-order valence-electron chi connectivity index (χ1n) is 10.4. The molecule has 0 saturated heterocycles. The van der Waals surface area contributed by atoms with Crippen molar-refractivity contribution in [2.75, 3.05) is 0 Å². The van der Waals surface area contributed by atoms with E-state index >= 15 is 0 Å². The minimum atomic E-state index is -4.26. The Morgan fingerprint density at radius 3 is 2.09 bits per heavy atom. The van der Waals surface area contributed by atoms with Crippen LogP contribution in [0.3, 0.4) is 0 Å². The summed E-state index contributed by atoms with van der Waals surface area (Å²) in [7, 11) is -4.26. The lowest BCUT2D eigenvalue weighted by Gasteiger charge is -2.24. The second-order valence-electron chi connectivity index (χ2n) is 7.84. The zero-order valence-electron chi connectivity index (χ0n) is 18.1. The molecule has 0 atom stereocenters. The first-order valence-corrected chi connectivity index (χ1v) is 13.0. The summed E-state index contributed by atoms with van der Waals surface area (Å²) in [6.45, 7) is -0.0952. The highest BCUT2D eigenvalue weighted by Gasteiger charge is 2.29. The maximum atomic E-state index is 13.7. The van der Waals surface area contributed by atoms with Crippen molar-refractivity contribution in [2.24, 2.45) is 0 Å². The van der Waals surface area contributed by atoms with E-state index < -0.39 is 26.5 Å². The van der Waals surface area contributed by atoms with Gasteiger partial charge in [-0.25, -0.2) is 12.8 Å². The summed E-state index contributed by atoms with van der Waals surface area (Å²) < 4.78 is 42.0. The smallest absolute Gasteiger partial charge is 0.247 e. The van der Waals surface area contributed by atoms with Gasteiger partial charge in [0.15, 0.2) is 5.75 Å². The molecule has 0 radical (unpaired) electrons. The normalized spacial score (nSPS) is 11.7. The molecule has 0 unspecified atom stereocenters. The zero-order valence-corrected chi connectivity index (χ0v) is 21.2. The van der Waals surface area contributed by atoms with Crippen molar-refractivity contribution in [1.82, 2.24) is 4.31 Å². The van der Waals surface area contributed by atoms with Gasteiger partial charge >= 0.3 is 0 Å². The fourth-order valence-electron chi connectivity index (χ4n) is 3.59. The fourth-order valence-corrected chi connectivity index (χ4v) is 5.88. The zero-order chi connectivity index (χ0) is 25.2. The Balaban J connectivity index is 1.75. The molecule has 0 heterocycles. The number of phenolic OH excluding ortho intramolecular Hbond substituents is 1. The minimum Gasteiger partial charge on any atom is -0.505 e. The lowest BCUT2D eigenvalue weighted by Crippen LogP contribution is -2.30. The molecule has 0 aliphatic rings. The van der Waals surface area contributed by atoms with Gasteiger partial charge in [0, 0.05) is 23.1 Å². The van der Waals surface area contributed by atoms with Crippen molar-refractivity contribution in [1.29, 1.82) is 0 Å². The van der Waals surface area contributed by atoms with E-state index in [9.17, 15) is 17.9 Å². The first kappa shape index (κ1) is 25.5. The summed E-state index contributed by atoms with van der Waals surface area (Å²) in [4.78, 5) is -0.411. The molecule has 0 aliphatic heterocycles. The van der Waals surface area contributed by atoms with Crippen molar-refractivity contribution >= 4 is 44.8 Å². The Morgan fingerprint density at radius 2 is 1.40 bits per heavy atom. The molecule has 4 nitrogen and oxygen atoms in total. The fraction of sp³-hybridized carbons (Fsp3) is 0.0769. The molecule has 0 amide bonds. The Morgan fingerprint density at radius 1 is 0.743 bits per heavy atom. The molecule has 4 rings (SSSR count). The highest BCUT2D eigenvalue weighted by atomic mass is 35.5. The third-order valence-electron chi connectivity index (χ3n) is 5.35. The van der Waals surface area contributed by atoms with E-state index in [1.807, 2.05) is 30.3 Å². The van der Waals surface area contributed by atoms with Crippen molar-refractivity contribution in [2.45, 2.75) is 18.0 Å². The van der Waals surface area contributed by atoms with Gasteiger partial charge in [-0.2, -0.15) is 4.31 Å². The standard InChI is InChI=1S/C26H19Cl3FNO3S/c27-21-8-6-19(7-9-21)20-3-1-2-18(12-20)16-31(15-17-4-10-23(30)11-5-17)35(33,34)25-14-22(28)13-24(29)26(25)32/h1-14,32H,15-16H2. The van der Waals surface area contributed by atoms with Crippen LogP contribution < -0.4 is 0 Å². The summed E-state index contributed by atoms with van der Waals surface area (Å²) in [5.41, 5.74) is 3.07. The summed E-state index contributed by atoms with van der Waals surface area (Å²) in [5.74, 6) is -1.02. The largest absolute Gasteiger partial charge is 0.505 e. The van der Waals surface area contributed by atoms with Crippen molar-refractivity contribution in [3.05, 3.63) is 117 Å². The number of rotatable bonds is 7. The lowest BCUT2D eigenvalue weighted by atomic mass is 10.0. The van der Waals surface area contributed by atoms with Crippen LogP contribution in [-0.4, -0.2) is 17.8 Å². The Hall–Kier alpha value is -2.61. The Labute approximate surface area is 218 Å². The molecular formula is C26H19Cl3FNO3S. The number of sulfonamides is 1. The molecule has 1 N–H and O–H groups in total. The third kappa shape index (κ3) is 5.97.